The number of hydrogen-bond acceptors (Lipinski definition) is 3. The summed E-state index contributed by atoms with van der Waals surface area (Å²) in [6.07, 6.45) is -0.773. The zero-order chi connectivity index (χ0) is 5.70. The molecule has 0 saturated heterocycles. The molecule has 0 heterocycles. The van der Waals surface area contributed by atoms with Crippen LogP contribution in [0.2, 0.25) is 0 Å². The maximum absolute atomic E-state index is 8.51. The van der Waals surface area contributed by atoms with Crippen LogP contribution in [0.3, 0.4) is 0 Å². The second-order valence-electron chi connectivity index (χ2n) is 1.15. The SMILES string of the molecule is CCOC(O)CN.Cl. The van der Waals surface area contributed by atoms with Gasteiger partial charge in [0.2, 0.25) is 0 Å². The largest absolute Gasteiger partial charge is 0.367 e. The first kappa shape index (κ1) is 11.0. The van der Waals surface area contributed by atoms with E-state index in [2.05, 4.69) is 4.74 Å². The van der Waals surface area contributed by atoms with E-state index in [0.717, 1.165) is 0 Å². The van der Waals surface area contributed by atoms with Gasteiger partial charge in [-0.15, -0.1) is 12.4 Å². The Morgan fingerprint density at radius 2 is 2.25 bits per heavy atom. The molecule has 0 saturated carbocycles. The fourth-order valence-corrected chi connectivity index (χ4v) is 0.260. The van der Waals surface area contributed by atoms with Crippen LogP contribution in [0.5, 0.6) is 0 Å². The van der Waals surface area contributed by atoms with E-state index in [0.29, 0.717) is 6.61 Å². The minimum Gasteiger partial charge on any atom is -0.367 e. The van der Waals surface area contributed by atoms with Crippen LogP contribution in [-0.4, -0.2) is 24.5 Å². The van der Waals surface area contributed by atoms with Crippen molar-refractivity contribution in [1.82, 2.24) is 0 Å². The van der Waals surface area contributed by atoms with Crippen molar-refractivity contribution in [3.8, 4) is 0 Å². The maximum atomic E-state index is 8.51. The second kappa shape index (κ2) is 7.17. The molecule has 0 aliphatic carbocycles. The van der Waals surface area contributed by atoms with Crippen molar-refractivity contribution in [3.05, 3.63) is 0 Å². The Labute approximate surface area is 55.2 Å². The predicted octanol–water partition coefficient (Wildman–Crippen LogP) is -0.278. The molecule has 0 aromatic heterocycles. The summed E-state index contributed by atoms with van der Waals surface area (Å²) < 4.78 is 4.62. The van der Waals surface area contributed by atoms with Gasteiger partial charge in [-0.3, -0.25) is 0 Å². The molecule has 0 aliphatic rings. The molecule has 1 unspecified atom stereocenters. The van der Waals surface area contributed by atoms with Crippen LogP contribution in [0.15, 0.2) is 0 Å². The van der Waals surface area contributed by atoms with Gasteiger partial charge in [0.25, 0.3) is 0 Å². The summed E-state index contributed by atoms with van der Waals surface area (Å²) in [5, 5.41) is 8.51. The van der Waals surface area contributed by atoms with Crippen LogP contribution in [0.1, 0.15) is 6.92 Å². The van der Waals surface area contributed by atoms with Crippen molar-refractivity contribution >= 4 is 12.4 Å². The van der Waals surface area contributed by atoms with E-state index < -0.39 is 6.29 Å². The lowest BCUT2D eigenvalue weighted by atomic mass is 10.6. The molecule has 0 spiro atoms. The molecule has 0 fully saturated rings. The Morgan fingerprint density at radius 1 is 1.75 bits per heavy atom. The fraction of sp³-hybridized carbons (Fsp3) is 1.00. The van der Waals surface area contributed by atoms with E-state index in [9.17, 15) is 0 Å². The lowest BCUT2D eigenvalue weighted by Gasteiger charge is -2.04. The normalized spacial score (nSPS) is 12.4. The molecular formula is C4H12ClNO2. The van der Waals surface area contributed by atoms with E-state index >= 15 is 0 Å². The van der Waals surface area contributed by atoms with Gasteiger partial charge in [-0.2, -0.15) is 0 Å². The van der Waals surface area contributed by atoms with Gasteiger partial charge in [-0.25, -0.2) is 0 Å². The molecule has 1 atom stereocenters. The number of ether oxygens (including phenoxy) is 1. The van der Waals surface area contributed by atoms with Crippen LogP contribution < -0.4 is 5.73 Å². The number of nitrogens with two attached hydrogens (primary N) is 1. The lowest BCUT2D eigenvalue weighted by molar-refractivity contribution is -0.0864. The molecular weight excluding hydrogens is 130 g/mol. The van der Waals surface area contributed by atoms with Crippen molar-refractivity contribution in [1.29, 1.82) is 0 Å². The molecule has 0 bridgehead atoms. The summed E-state index contributed by atoms with van der Waals surface area (Å²) in [7, 11) is 0. The van der Waals surface area contributed by atoms with Crippen molar-refractivity contribution in [2.75, 3.05) is 13.2 Å². The molecule has 8 heavy (non-hydrogen) atoms. The zero-order valence-corrected chi connectivity index (χ0v) is 5.65. The number of aliphatic hydroxyl groups excluding tert-OH is 1. The van der Waals surface area contributed by atoms with E-state index in [-0.39, 0.29) is 19.0 Å². The number of hydrogen-bond donors (Lipinski definition) is 2. The van der Waals surface area contributed by atoms with Gasteiger partial charge in [-0.05, 0) is 6.92 Å². The van der Waals surface area contributed by atoms with Crippen LogP contribution in [0, 0.1) is 0 Å². The summed E-state index contributed by atoms with van der Waals surface area (Å²) in [6, 6.07) is 0. The van der Waals surface area contributed by atoms with Gasteiger partial charge in [0.1, 0.15) is 0 Å². The Kier molecular flexibility index (Phi) is 9.89. The fourth-order valence-electron chi connectivity index (χ4n) is 0.260. The minimum atomic E-state index is -0.773. The standard InChI is InChI=1S/C4H11NO2.ClH/c1-2-7-4(6)3-5;/h4,6H,2-3,5H2,1H3;1H. The molecule has 0 aliphatic heterocycles. The average molecular weight is 142 g/mol. The van der Waals surface area contributed by atoms with Crippen LogP contribution in [0.4, 0.5) is 0 Å². The molecule has 0 aromatic carbocycles. The first-order valence-electron chi connectivity index (χ1n) is 2.31. The van der Waals surface area contributed by atoms with E-state index in [1.54, 1.807) is 6.92 Å². The summed E-state index contributed by atoms with van der Waals surface area (Å²) in [4.78, 5) is 0. The lowest BCUT2D eigenvalue weighted by Crippen LogP contribution is -2.22. The molecule has 3 N–H and O–H groups in total. The molecule has 0 aromatic rings. The van der Waals surface area contributed by atoms with Crippen molar-refractivity contribution in [2.45, 2.75) is 13.2 Å². The molecule has 0 radical (unpaired) electrons. The van der Waals surface area contributed by atoms with E-state index in [4.69, 9.17) is 10.8 Å². The molecule has 3 nitrogen and oxygen atoms in total. The summed E-state index contributed by atoms with van der Waals surface area (Å²) in [5.74, 6) is 0. The van der Waals surface area contributed by atoms with Gasteiger partial charge >= 0.3 is 0 Å². The Balaban J connectivity index is 0. The summed E-state index contributed by atoms with van der Waals surface area (Å²) in [5.41, 5.74) is 4.98. The van der Waals surface area contributed by atoms with Gasteiger partial charge in [0.15, 0.2) is 6.29 Å². The predicted molar refractivity (Wildman–Crippen MR) is 33.9 cm³/mol. The van der Waals surface area contributed by atoms with Gasteiger partial charge < -0.3 is 15.6 Å². The highest BCUT2D eigenvalue weighted by atomic mass is 35.5. The third-order valence-corrected chi connectivity index (χ3v) is 0.561. The highest BCUT2D eigenvalue weighted by Crippen LogP contribution is 1.79. The van der Waals surface area contributed by atoms with Gasteiger partial charge in [0, 0.05) is 13.2 Å². The average Bonchev–Trinajstić information content (AvgIpc) is 1.68. The van der Waals surface area contributed by atoms with Crippen LogP contribution >= 0.6 is 12.4 Å². The first-order chi connectivity index (χ1) is 3.31. The number of halogens is 1. The van der Waals surface area contributed by atoms with Crippen molar-refractivity contribution < 1.29 is 9.84 Å². The van der Waals surface area contributed by atoms with Gasteiger partial charge in [-0.1, -0.05) is 0 Å². The number of rotatable bonds is 3. The topological polar surface area (TPSA) is 55.5 Å². The quantitative estimate of drug-likeness (QED) is 0.532. The summed E-state index contributed by atoms with van der Waals surface area (Å²) >= 11 is 0. The second-order valence-corrected chi connectivity index (χ2v) is 1.15. The molecule has 0 amide bonds. The van der Waals surface area contributed by atoms with Crippen molar-refractivity contribution in [2.24, 2.45) is 5.73 Å². The monoisotopic (exact) mass is 141 g/mol. The maximum Gasteiger partial charge on any atom is 0.166 e. The number of aliphatic hydroxyl groups is 1. The third kappa shape index (κ3) is 6.17. The highest BCUT2D eigenvalue weighted by Gasteiger charge is 1.94. The van der Waals surface area contributed by atoms with Crippen LogP contribution in [0.25, 0.3) is 0 Å². The summed E-state index contributed by atoms with van der Waals surface area (Å²) in [6.45, 7) is 2.49. The first-order valence-corrected chi connectivity index (χ1v) is 2.31. The minimum absolute atomic E-state index is 0. The van der Waals surface area contributed by atoms with E-state index in [1.165, 1.54) is 0 Å². The van der Waals surface area contributed by atoms with Crippen LogP contribution in [-0.2, 0) is 4.74 Å². The van der Waals surface area contributed by atoms with E-state index in [1.807, 2.05) is 0 Å². The third-order valence-electron chi connectivity index (χ3n) is 0.561. The Hall–Kier alpha value is 0.170. The van der Waals surface area contributed by atoms with Crippen molar-refractivity contribution in [3.63, 3.8) is 0 Å². The molecule has 4 heteroatoms. The zero-order valence-electron chi connectivity index (χ0n) is 4.83. The molecule has 0 rings (SSSR count). The molecule has 52 valence electrons. The Bertz CT molecular complexity index is 45.0. The smallest absolute Gasteiger partial charge is 0.166 e. The highest BCUT2D eigenvalue weighted by molar-refractivity contribution is 5.85. The Morgan fingerprint density at radius 3 is 2.38 bits per heavy atom. The van der Waals surface area contributed by atoms with Gasteiger partial charge in [0.05, 0.1) is 0 Å².